The molecule has 2 rings (SSSR count). The van der Waals surface area contributed by atoms with Crippen LogP contribution in [0.25, 0.3) is 12.3 Å². The second-order valence-corrected chi connectivity index (χ2v) is 4.37. The minimum atomic E-state index is 0.140. The van der Waals surface area contributed by atoms with Gasteiger partial charge in [-0.15, -0.1) is 0 Å². The van der Waals surface area contributed by atoms with Gasteiger partial charge in [0, 0.05) is 17.8 Å². The highest BCUT2D eigenvalue weighted by molar-refractivity contribution is 5.53. The zero-order valence-corrected chi connectivity index (χ0v) is 8.94. The Morgan fingerprint density at radius 2 is 2.14 bits per heavy atom. The molecule has 74 valence electrons. The van der Waals surface area contributed by atoms with Crippen molar-refractivity contribution >= 4 is 12.3 Å². The largest absolute Gasteiger partial charge is 0.241 e. The lowest BCUT2D eigenvalue weighted by Crippen LogP contribution is -2.17. The molecule has 0 fully saturated rings. The van der Waals surface area contributed by atoms with Crippen molar-refractivity contribution in [3.63, 3.8) is 0 Å². The van der Waals surface area contributed by atoms with Gasteiger partial charge in [0.15, 0.2) is 0 Å². The first-order valence-electron chi connectivity index (χ1n) is 5.04. The summed E-state index contributed by atoms with van der Waals surface area (Å²) in [7, 11) is 0. The Labute approximate surface area is 84.9 Å². The fourth-order valence-electron chi connectivity index (χ4n) is 1.52. The fraction of sp³-hybridized carbons (Fsp3) is 0.417. The van der Waals surface area contributed by atoms with Gasteiger partial charge in [-0.2, -0.15) is 5.10 Å². The van der Waals surface area contributed by atoms with Crippen molar-refractivity contribution in [1.82, 2.24) is 9.78 Å². The van der Waals surface area contributed by atoms with Gasteiger partial charge >= 0.3 is 0 Å². The Morgan fingerprint density at radius 1 is 1.36 bits per heavy atom. The van der Waals surface area contributed by atoms with E-state index in [1.807, 2.05) is 16.9 Å². The van der Waals surface area contributed by atoms with Gasteiger partial charge in [-0.3, -0.25) is 0 Å². The molecule has 1 unspecified atom stereocenters. The maximum absolute atomic E-state index is 4.22. The molecular formula is C12H16N2. The average molecular weight is 188 g/mol. The molecule has 1 aliphatic rings. The highest BCUT2D eigenvalue weighted by Crippen LogP contribution is 2.33. The van der Waals surface area contributed by atoms with Crippen molar-refractivity contribution in [1.29, 1.82) is 0 Å². The van der Waals surface area contributed by atoms with Gasteiger partial charge in [0.2, 0.25) is 0 Å². The maximum atomic E-state index is 4.22. The minimum absolute atomic E-state index is 0.140. The maximum Gasteiger partial charge on any atom is 0.0658 e. The molecule has 0 aliphatic carbocycles. The number of aromatic nitrogens is 2. The lowest BCUT2D eigenvalue weighted by molar-refractivity contribution is 0.386. The molecule has 0 N–H and O–H groups in total. The molecule has 1 aromatic rings. The van der Waals surface area contributed by atoms with Crippen LogP contribution in [0.15, 0.2) is 24.4 Å². The third-order valence-corrected chi connectivity index (χ3v) is 3.13. The molecule has 1 aliphatic heterocycles. The standard InChI is InChI=1S/C12H16N2/c1-10(2)12(3)6-4-11-5-8-13-14(11)9-7-12/h4-10H,1-3H3. The molecular weight excluding hydrogens is 172 g/mol. The quantitative estimate of drug-likeness (QED) is 0.662. The molecule has 0 bridgehead atoms. The van der Waals surface area contributed by atoms with E-state index < -0.39 is 0 Å². The topological polar surface area (TPSA) is 17.8 Å². The Balaban J connectivity index is 2.42. The van der Waals surface area contributed by atoms with Gasteiger partial charge in [0.05, 0.1) is 5.69 Å². The smallest absolute Gasteiger partial charge is 0.0658 e. The van der Waals surface area contributed by atoms with Crippen LogP contribution < -0.4 is 0 Å². The predicted molar refractivity (Wildman–Crippen MR) is 59.5 cm³/mol. The van der Waals surface area contributed by atoms with E-state index in [1.54, 1.807) is 0 Å². The summed E-state index contributed by atoms with van der Waals surface area (Å²) < 4.78 is 1.91. The van der Waals surface area contributed by atoms with E-state index in [0.717, 1.165) is 5.69 Å². The zero-order valence-electron chi connectivity index (χ0n) is 8.94. The molecule has 2 nitrogen and oxygen atoms in total. The van der Waals surface area contributed by atoms with Crippen molar-refractivity contribution in [2.45, 2.75) is 20.8 Å². The molecule has 14 heavy (non-hydrogen) atoms. The lowest BCUT2D eigenvalue weighted by Gasteiger charge is -2.25. The first-order valence-corrected chi connectivity index (χ1v) is 5.04. The highest BCUT2D eigenvalue weighted by atomic mass is 15.3. The van der Waals surface area contributed by atoms with Crippen LogP contribution in [0.4, 0.5) is 0 Å². The molecule has 0 saturated carbocycles. The Hall–Kier alpha value is -1.31. The van der Waals surface area contributed by atoms with Crippen molar-refractivity contribution in [3.05, 3.63) is 30.1 Å². The number of fused-ring (bicyclic) bond motifs is 1. The average Bonchev–Trinajstić information content (AvgIpc) is 2.53. The van der Waals surface area contributed by atoms with Crippen molar-refractivity contribution in [3.8, 4) is 0 Å². The summed E-state index contributed by atoms with van der Waals surface area (Å²) in [5.41, 5.74) is 1.28. The number of rotatable bonds is 1. The fourth-order valence-corrected chi connectivity index (χ4v) is 1.52. The lowest BCUT2D eigenvalue weighted by atomic mass is 9.79. The summed E-state index contributed by atoms with van der Waals surface area (Å²) in [5, 5.41) is 4.22. The molecule has 0 radical (unpaired) electrons. The van der Waals surface area contributed by atoms with Crippen LogP contribution in [0.3, 0.4) is 0 Å². The minimum Gasteiger partial charge on any atom is -0.241 e. The van der Waals surface area contributed by atoms with Crippen molar-refractivity contribution in [2.75, 3.05) is 0 Å². The zero-order chi connectivity index (χ0) is 10.2. The van der Waals surface area contributed by atoms with Crippen LogP contribution in [-0.4, -0.2) is 9.78 Å². The second kappa shape index (κ2) is 3.12. The van der Waals surface area contributed by atoms with Gasteiger partial charge in [-0.1, -0.05) is 32.9 Å². The first-order chi connectivity index (χ1) is 6.62. The van der Waals surface area contributed by atoms with E-state index in [1.165, 1.54) is 0 Å². The van der Waals surface area contributed by atoms with Crippen LogP contribution in [0.2, 0.25) is 0 Å². The summed E-state index contributed by atoms with van der Waals surface area (Å²) in [6, 6.07) is 2.02. The number of hydrogen-bond acceptors (Lipinski definition) is 1. The molecule has 0 aromatic carbocycles. The summed E-state index contributed by atoms with van der Waals surface area (Å²) in [4.78, 5) is 0. The molecule has 1 aromatic heterocycles. The third kappa shape index (κ3) is 1.41. The highest BCUT2D eigenvalue weighted by Gasteiger charge is 2.23. The molecule has 0 spiro atoms. The van der Waals surface area contributed by atoms with Crippen LogP contribution in [0, 0.1) is 11.3 Å². The number of allylic oxidation sites excluding steroid dienone is 2. The molecule has 2 heterocycles. The summed E-state index contributed by atoms with van der Waals surface area (Å²) in [6.45, 7) is 6.72. The number of nitrogens with zero attached hydrogens (tertiary/aromatic N) is 2. The normalized spacial score (nSPS) is 25.1. The molecule has 1 atom stereocenters. The summed E-state index contributed by atoms with van der Waals surface area (Å²) in [5.74, 6) is 0.597. The van der Waals surface area contributed by atoms with Gasteiger partial charge in [0.25, 0.3) is 0 Å². The van der Waals surface area contributed by atoms with E-state index >= 15 is 0 Å². The van der Waals surface area contributed by atoms with E-state index in [0.29, 0.717) is 5.92 Å². The van der Waals surface area contributed by atoms with E-state index in [9.17, 15) is 0 Å². The van der Waals surface area contributed by atoms with E-state index in [-0.39, 0.29) is 5.41 Å². The molecule has 0 saturated heterocycles. The molecule has 2 heteroatoms. The second-order valence-electron chi connectivity index (χ2n) is 4.37. The van der Waals surface area contributed by atoms with Gasteiger partial charge in [-0.25, -0.2) is 4.68 Å². The van der Waals surface area contributed by atoms with Crippen molar-refractivity contribution in [2.24, 2.45) is 11.3 Å². The van der Waals surface area contributed by atoms with Crippen LogP contribution in [0.1, 0.15) is 26.5 Å². The van der Waals surface area contributed by atoms with Gasteiger partial charge in [0.1, 0.15) is 0 Å². The summed E-state index contributed by atoms with van der Waals surface area (Å²) >= 11 is 0. The molecule has 0 amide bonds. The third-order valence-electron chi connectivity index (χ3n) is 3.13. The predicted octanol–water partition coefficient (Wildman–Crippen LogP) is 3.04. The number of hydrogen-bond donors (Lipinski definition) is 0. The Kier molecular flexibility index (Phi) is 2.06. The van der Waals surface area contributed by atoms with Gasteiger partial charge in [-0.05, 0) is 18.1 Å². The first kappa shape index (κ1) is 9.25. The Bertz CT molecular complexity index is 354. The van der Waals surface area contributed by atoms with Crippen LogP contribution in [-0.2, 0) is 0 Å². The SMILES string of the molecule is CC(C)C1(C)C=Cc2ccnn2C=C1. The van der Waals surface area contributed by atoms with Crippen LogP contribution >= 0.6 is 0 Å². The van der Waals surface area contributed by atoms with Gasteiger partial charge < -0.3 is 0 Å². The Morgan fingerprint density at radius 3 is 2.86 bits per heavy atom. The van der Waals surface area contributed by atoms with E-state index in [2.05, 4.69) is 50.3 Å². The van der Waals surface area contributed by atoms with E-state index in [4.69, 9.17) is 0 Å². The monoisotopic (exact) mass is 188 g/mol. The van der Waals surface area contributed by atoms with Crippen molar-refractivity contribution < 1.29 is 0 Å². The van der Waals surface area contributed by atoms with Crippen LogP contribution in [0.5, 0.6) is 0 Å². The summed E-state index contributed by atoms with van der Waals surface area (Å²) in [6.07, 6.45) is 10.5.